The minimum atomic E-state index is -0.348. The van der Waals surface area contributed by atoms with Gasteiger partial charge < -0.3 is 9.67 Å². The molecule has 3 aromatic rings. The highest BCUT2D eigenvalue weighted by molar-refractivity contribution is 6.31. The number of aromatic nitrogens is 1. The predicted octanol–water partition coefficient (Wildman–Crippen LogP) is 5.98. The molecule has 1 atom stereocenters. The maximum atomic E-state index is 10.3. The van der Waals surface area contributed by atoms with Crippen molar-refractivity contribution in [3.8, 4) is 0 Å². The van der Waals surface area contributed by atoms with Gasteiger partial charge in [-0.2, -0.15) is 0 Å². The van der Waals surface area contributed by atoms with E-state index < -0.39 is 0 Å². The Kier molecular flexibility index (Phi) is 5.82. The summed E-state index contributed by atoms with van der Waals surface area (Å²) in [6.45, 7) is 2.06. The first-order valence-electron chi connectivity index (χ1n) is 9.03. The zero-order valence-electron chi connectivity index (χ0n) is 15.0. The number of halogens is 1. The molecular formula is C22H26ClNO. The van der Waals surface area contributed by atoms with E-state index in [4.69, 9.17) is 11.6 Å². The number of rotatable bonds is 7. The number of aliphatic hydroxyl groups excluding tert-OH is 1. The minimum absolute atomic E-state index is 0.348. The van der Waals surface area contributed by atoms with E-state index in [1.165, 1.54) is 22.2 Å². The molecule has 1 heterocycles. The third-order valence-corrected chi connectivity index (χ3v) is 5.18. The van der Waals surface area contributed by atoms with Crippen LogP contribution < -0.4 is 0 Å². The monoisotopic (exact) mass is 355 g/mol. The highest BCUT2D eigenvalue weighted by atomic mass is 35.5. The van der Waals surface area contributed by atoms with Crippen molar-refractivity contribution in [3.63, 3.8) is 0 Å². The average molecular weight is 356 g/mol. The van der Waals surface area contributed by atoms with E-state index in [1.54, 1.807) is 0 Å². The number of fused-ring (bicyclic) bond motifs is 1. The lowest BCUT2D eigenvalue weighted by molar-refractivity contribution is 0.163. The Labute approximate surface area is 155 Å². The van der Waals surface area contributed by atoms with E-state index in [2.05, 4.69) is 42.8 Å². The van der Waals surface area contributed by atoms with Gasteiger partial charge in [0.2, 0.25) is 0 Å². The molecule has 0 amide bonds. The molecule has 0 saturated heterocycles. The lowest BCUT2D eigenvalue weighted by Gasteiger charge is -2.11. The normalized spacial score (nSPS) is 12.6. The van der Waals surface area contributed by atoms with Gasteiger partial charge in [0.1, 0.15) is 0 Å². The summed E-state index contributed by atoms with van der Waals surface area (Å²) in [7, 11) is 2.12. The van der Waals surface area contributed by atoms with Gasteiger partial charge in [0, 0.05) is 28.7 Å². The lowest BCUT2D eigenvalue weighted by Crippen LogP contribution is -1.99. The second kappa shape index (κ2) is 8.07. The summed E-state index contributed by atoms with van der Waals surface area (Å²) in [6, 6.07) is 16.5. The van der Waals surface area contributed by atoms with Gasteiger partial charge in [-0.3, -0.25) is 0 Å². The van der Waals surface area contributed by atoms with Gasteiger partial charge in [0.15, 0.2) is 0 Å². The molecule has 0 aliphatic heterocycles. The van der Waals surface area contributed by atoms with Gasteiger partial charge in [0.05, 0.1) is 6.10 Å². The summed E-state index contributed by atoms with van der Waals surface area (Å²) in [5.41, 5.74) is 4.81. The summed E-state index contributed by atoms with van der Waals surface area (Å²) in [5, 5.41) is 12.3. The van der Waals surface area contributed by atoms with Crippen molar-refractivity contribution in [2.45, 2.75) is 45.1 Å². The summed E-state index contributed by atoms with van der Waals surface area (Å²) in [4.78, 5) is 0. The van der Waals surface area contributed by atoms with E-state index in [0.717, 1.165) is 42.7 Å². The first-order chi connectivity index (χ1) is 12.0. The SMILES string of the molecule is Cc1cccc(C(O)CCCCCc2cc3cc(Cl)ccc3n2C)c1. The van der Waals surface area contributed by atoms with Crippen LogP contribution in [0.25, 0.3) is 10.9 Å². The maximum absolute atomic E-state index is 10.3. The van der Waals surface area contributed by atoms with E-state index in [0.29, 0.717) is 0 Å². The average Bonchev–Trinajstić information content (AvgIpc) is 2.89. The number of aliphatic hydroxyl groups is 1. The Bertz CT molecular complexity index is 852. The molecule has 3 heteroatoms. The van der Waals surface area contributed by atoms with Crippen LogP contribution >= 0.6 is 11.6 Å². The molecule has 1 N–H and O–H groups in total. The lowest BCUT2D eigenvalue weighted by atomic mass is 10.0. The topological polar surface area (TPSA) is 25.2 Å². The number of nitrogens with zero attached hydrogens (tertiary/aromatic N) is 1. The van der Waals surface area contributed by atoms with Crippen molar-refractivity contribution in [3.05, 3.63) is 70.4 Å². The second-order valence-electron chi connectivity index (χ2n) is 6.93. The molecule has 0 aliphatic rings. The zero-order valence-corrected chi connectivity index (χ0v) is 15.8. The standard InChI is InChI=1S/C22H26ClNO/c1-16-7-6-8-17(13-16)22(25)10-5-3-4-9-20-15-18-14-19(23)11-12-21(18)24(20)2/h6-8,11-15,22,25H,3-5,9-10H2,1-2H3. The first kappa shape index (κ1) is 18.0. The Morgan fingerprint density at radius 1 is 1.04 bits per heavy atom. The van der Waals surface area contributed by atoms with Gasteiger partial charge in [-0.15, -0.1) is 0 Å². The second-order valence-corrected chi connectivity index (χ2v) is 7.36. The Morgan fingerprint density at radius 3 is 2.68 bits per heavy atom. The van der Waals surface area contributed by atoms with Crippen LogP contribution in [-0.2, 0) is 13.5 Å². The van der Waals surface area contributed by atoms with Crippen molar-refractivity contribution in [1.82, 2.24) is 4.57 Å². The third kappa shape index (κ3) is 4.45. The van der Waals surface area contributed by atoms with Gasteiger partial charge in [0.25, 0.3) is 0 Å². The van der Waals surface area contributed by atoms with Crippen molar-refractivity contribution in [1.29, 1.82) is 0 Å². The molecule has 0 saturated carbocycles. The predicted molar refractivity (Wildman–Crippen MR) is 106 cm³/mol. The van der Waals surface area contributed by atoms with Crippen LogP contribution in [-0.4, -0.2) is 9.67 Å². The number of hydrogen-bond donors (Lipinski definition) is 1. The number of hydrogen-bond acceptors (Lipinski definition) is 1. The molecule has 0 bridgehead atoms. The summed E-state index contributed by atoms with van der Waals surface area (Å²) in [5.74, 6) is 0. The highest BCUT2D eigenvalue weighted by Crippen LogP contribution is 2.24. The fraction of sp³-hybridized carbons (Fsp3) is 0.364. The Balaban J connectivity index is 1.48. The van der Waals surface area contributed by atoms with Crippen LogP contribution in [0.3, 0.4) is 0 Å². The smallest absolute Gasteiger partial charge is 0.0790 e. The molecular weight excluding hydrogens is 330 g/mol. The first-order valence-corrected chi connectivity index (χ1v) is 9.41. The van der Waals surface area contributed by atoms with Gasteiger partial charge in [-0.05, 0) is 56.0 Å². The molecule has 2 aromatic carbocycles. The number of aryl methyl sites for hydroxylation is 3. The largest absolute Gasteiger partial charge is 0.388 e. The molecule has 3 rings (SSSR count). The Morgan fingerprint density at radius 2 is 1.88 bits per heavy atom. The Hall–Kier alpha value is -1.77. The molecule has 132 valence electrons. The maximum Gasteiger partial charge on any atom is 0.0790 e. The zero-order chi connectivity index (χ0) is 17.8. The van der Waals surface area contributed by atoms with Crippen LogP contribution in [0.4, 0.5) is 0 Å². The van der Waals surface area contributed by atoms with E-state index in [9.17, 15) is 5.11 Å². The molecule has 2 nitrogen and oxygen atoms in total. The van der Waals surface area contributed by atoms with Crippen molar-refractivity contribution >= 4 is 22.5 Å². The third-order valence-electron chi connectivity index (χ3n) is 4.94. The quantitative estimate of drug-likeness (QED) is 0.518. The van der Waals surface area contributed by atoms with Gasteiger partial charge >= 0.3 is 0 Å². The summed E-state index contributed by atoms with van der Waals surface area (Å²) >= 11 is 6.08. The van der Waals surface area contributed by atoms with Crippen LogP contribution in [0, 0.1) is 6.92 Å². The molecule has 0 radical (unpaired) electrons. The van der Waals surface area contributed by atoms with E-state index in [1.807, 2.05) is 24.3 Å². The molecule has 0 fully saturated rings. The fourth-order valence-electron chi connectivity index (χ4n) is 3.48. The van der Waals surface area contributed by atoms with Crippen molar-refractivity contribution in [2.24, 2.45) is 7.05 Å². The molecule has 0 spiro atoms. The van der Waals surface area contributed by atoms with Crippen LogP contribution in [0.1, 0.15) is 48.6 Å². The molecule has 1 aromatic heterocycles. The van der Waals surface area contributed by atoms with E-state index >= 15 is 0 Å². The summed E-state index contributed by atoms with van der Waals surface area (Å²) < 4.78 is 2.26. The summed E-state index contributed by atoms with van der Waals surface area (Å²) in [6.07, 6.45) is 4.85. The van der Waals surface area contributed by atoms with Gasteiger partial charge in [-0.25, -0.2) is 0 Å². The van der Waals surface area contributed by atoms with Crippen LogP contribution in [0.2, 0.25) is 5.02 Å². The van der Waals surface area contributed by atoms with Crippen LogP contribution in [0.15, 0.2) is 48.5 Å². The fourth-order valence-corrected chi connectivity index (χ4v) is 3.66. The van der Waals surface area contributed by atoms with Crippen molar-refractivity contribution in [2.75, 3.05) is 0 Å². The van der Waals surface area contributed by atoms with E-state index in [-0.39, 0.29) is 6.10 Å². The minimum Gasteiger partial charge on any atom is -0.388 e. The van der Waals surface area contributed by atoms with Gasteiger partial charge in [-0.1, -0.05) is 54.3 Å². The number of benzene rings is 2. The molecule has 25 heavy (non-hydrogen) atoms. The molecule has 0 aliphatic carbocycles. The highest BCUT2D eigenvalue weighted by Gasteiger charge is 2.08. The molecule has 1 unspecified atom stereocenters. The van der Waals surface area contributed by atoms with Crippen molar-refractivity contribution < 1.29 is 5.11 Å². The van der Waals surface area contributed by atoms with Crippen LogP contribution in [0.5, 0.6) is 0 Å². The number of unbranched alkanes of at least 4 members (excludes halogenated alkanes) is 2.